The van der Waals surface area contributed by atoms with E-state index < -0.39 is 46.2 Å². The summed E-state index contributed by atoms with van der Waals surface area (Å²) in [6.07, 6.45) is -3.13. The van der Waals surface area contributed by atoms with Gasteiger partial charge in [-0.1, -0.05) is 49.2 Å². The molecular formula is C24H28Cl2F3N3O4S. The fourth-order valence-corrected chi connectivity index (χ4v) is 4.95. The van der Waals surface area contributed by atoms with Crippen LogP contribution >= 0.6 is 23.2 Å². The van der Waals surface area contributed by atoms with Crippen molar-refractivity contribution in [3.05, 3.63) is 63.6 Å². The number of carbonyl (C=O) groups excluding carboxylic acids is 2. The first-order valence-corrected chi connectivity index (χ1v) is 14.0. The van der Waals surface area contributed by atoms with E-state index in [1.54, 1.807) is 25.1 Å². The first-order chi connectivity index (χ1) is 17.2. The first kappa shape index (κ1) is 30.7. The van der Waals surface area contributed by atoms with E-state index in [1.807, 2.05) is 6.92 Å². The average molecular weight is 582 g/mol. The van der Waals surface area contributed by atoms with Gasteiger partial charge in [-0.15, -0.1) is 0 Å². The highest BCUT2D eigenvalue weighted by molar-refractivity contribution is 7.92. The van der Waals surface area contributed by atoms with Crippen LogP contribution in [0.25, 0.3) is 0 Å². The summed E-state index contributed by atoms with van der Waals surface area (Å²) in [5.41, 5.74) is -1.08. The van der Waals surface area contributed by atoms with Crippen molar-refractivity contribution in [2.24, 2.45) is 0 Å². The molecule has 2 rings (SSSR count). The topological polar surface area (TPSA) is 86.8 Å². The highest BCUT2D eigenvalue weighted by atomic mass is 35.5. The van der Waals surface area contributed by atoms with Crippen molar-refractivity contribution in [1.29, 1.82) is 0 Å². The molecule has 0 aliphatic heterocycles. The number of hydrogen-bond donors (Lipinski definition) is 1. The van der Waals surface area contributed by atoms with Crippen LogP contribution in [0.1, 0.15) is 37.8 Å². The molecule has 2 aromatic rings. The maximum absolute atomic E-state index is 13.6. The Morgan fingerprint density at radius 2 is 1.65 bits per heavy atom. The Morgan fingerprint density at radius 1 is 1.05 bits per heavy atom. The summed E-state index contributed by atoms with van der Waals surface area (Å²) in [6.45, 7) is 2.80. The molecule has 2 amide bonds. The Bertz CT molecular complexity index is 1210. The molecule has 13 heteroatoms. The number of nitrogens with zero attached hydrogens (tertiary/aromatic N) is 2. The molecule has 7 nitrogen and oxygen atoms in total. The molecule has 0 fully saturated rings. The van der Waals surface area contributed by atoms with Crippen molar-refractivity contribution in [1.82, 2.24) is 10.2 Å². The summed E-state index contributed by atoms with van der Waals surface area (Å²) in [7, 11) is -4.20. The number of nitrogens with one attached hydrogen (secondary N) is 1. The number of sulfonamides is 1. The second-order valence-electron chi connectivity index (χ2n) is 8.25. The zero-order chi connectivity index (χ0) is 28.0. The Morgan fingerprint density at radius 3 is 2.16 bits per heavy atom. The third kappa shape index (κ3) is 8.24. The standard InChI is InChI=1S/C24H28Cl2F3N3O4S/c1-4-12-30-23(34)21(5-2)31(14-18-19(25)10-7-11-20(18)26)22(33)15-32(37(3,35)36)17-9-6-8-16(13-17)24(27,28)29/h6-11,13,21H,4-5,12,14-15H2,1-3H3,(H,30,34)/t21-/m1/s1. The molecule has 0 saturated heterocycles. The predicted molar refractivity (Wildman–Crippen MR) is 138 cm³/mol. The molecular weight excluding hydrogens is 554 g/mol. The number of rotatable bonds is 11. The Balaban J connectivity index is 2.53. The lowest BCUT2D eigenvalue weighted by Crippen LogP contribution is -2.52. The van der Waals surface area contributed by atoms with Crippen molar-refractivity contribution < 1.29 is 31.2 Å². The smallest absolute Gasteiger partial charge is 0.354 e. The number of anilines is 1. The minimum atomic E-state index is -4.72. The van der Waals surface area contributed by atoms with Gasteiger partial charge in [-0.2, -0.15) is 13.2 Å². The average Bonchev–Trinajstić information content (AvgIpc) is 2.81. The summed E-state index contributed by atoms with van der Waals surface area (Å²) >= 11 is 12.6. The van der Waals surface area contributed by atoms with Crippen LogP contribution in [0, 0.1) is 0 Å². The van der Waals surface area contributed by atoms with Crippen LogP contribution in [0.3, 0.4) is 0 Å². The normalized spacial score (nSPS) is 12.6. The highest BCUT2D eigenvalue weighted by Crippen LogP contribution is 2.32. The van der Waals surface area contributed by atoms with Gasteiger partial charge in [0.2, 0.25) is 21.8 Å². The first-order valence-electron chi connectivity index (χ1n) is 11.4. The lowest BCUT2D eigenvalue weighted by Gasteiger charge is -2.33. The largest absolute Gasteiger partial charge is 0.416 e. The van der Waals surface area contributed by atoms with Crippen molar-refractivity contribution in [2.75, 3.05) is 23.7 Å². The van der Waals surface area contributed by atoms with E-state index in [0.717, 1.165) is 29.4 Å². The van der Waals surface area contributed by atoms with Gasteiger partial charge < -0.3 is 10.2 Å². The zero-order valence-electron chi connectivity index (χ0n) is 20.5. The van der Waals surface area contributed by atoms with Crippen LogP contribution in [0.4, 0.5) is 18.9 Å². The monoisotopic (exact) mass is 581 g/mol. The third-order valence-electron chi connectivity index (χ3n) is 5.47. The zero-order valence-corrected chi connectivity index (χ0v) is 22.8. The van der Waals surface area contributed by atoms with E-state index in [-0.39, 0.29) is 28.7 Å². The number of carbonyl (C=O) groups is 2. The van der Waals surface area contributed by atoms with Gasteiger partial charge in [0.05, 0.1) is 17.5 Å². The maximum Gasteiger partial charge on any atom is 0.416 e. The molecule has 1 N–H and O–H groups in total. The molecule has 204 valence electrons. The van der Waals surface area contributed by atoms with Gasteiger partial charge in [-0.05, 0) is 43.2 Å². The molecule has 37 heavy (non-hydrogen) atoms. The van der Waals surface area contributed by atoms with Gasteiger partial charge in [0.25, 0.3) is 0 Å². The minimum absolute atomic E-state index is 0.172. The Labute approximate surface area is 224 Å². The second kappa shape index (κ2) is 12.8. The van der Waals surface area contributed by atoms with E-state index in [1.165, 1.54) is 0 Å². The SMILES string of the molecule is CCCNC(=O)[C@@H](CC)N(Cc1c(Cl)cccc1Cl)C(=O)CN(c1cccc(C(F)(F)F)c1)S(C)(=O)=O. The molecule has 0 spiro atoms. The summed E-state index contributed by atoms with van der Waals surface area (Å²) in [5, 5.41) is 3.17. The molecule has 0 aliphatic rings. The number of halogens is 5. The highest BCUT2D eigenvalue weighted by Gasteiger charge is 2.34. The van der Waals surface area contributed by atoms with Crippen LogP contribution in [-0.4, -0.2) is 50.5 Å². The molecule has 0 aliphatic carbocycles. The molecule has 0 saturated carbocycles. The Kier molecular flexibility index (Phi) is 10.7. The molecule has 0 heterocycles. The van der Waals surface area contributed by atoms with Gasteiger partial charge in [-0.25, -0.2) is 8.42 Å². The summed E-state index contributed by atoms with van der Waals surface area (Å²) in [4.78, 5) is 27.7. The number of amides is 2. The van der Waals surface area contributed by atoms with E-state index in [9.17, 15) is 31.2 Å². The number of benzene rings is 2. The molecule has 0 bridgehead atoms. The van der Waals surface area contributed by atoms with Crippen molar-refractivity contribution in [2.45, 2.75) is 45.5 Å². The molecule has 1 atom stereocenters. The van der Waals surface area contributed by atoms with E-state index in [0.29, 0.717) is 28.9 Å². The third-order valence-corrected chi connectivity index (χ3v) is 7.31. The quantitative estimate of drug-likeness (QED) is 0.399. The molecule has 0 radical (unpaired) electrons. The van der Waals surface area contributed by atoms with E-state index in [4.69, 9.17) is 23.2 Å². The molecule has 0 aromatic heterocycles. The van der Waals surface area contributed by atoms with E-state index >= 15 is 0 Å². The predicted octanol–water partition coefficient (Wildman–Crippen LogP) is 5.11. The van der Waals surface area contributed by atoms with Gasteiger partial charge in [-0.3, -0.25) is 13.9 Å². The summed E-state index contributed by atoms with van der Waals surface area (Å²) < 4.78 is 65.5. The van der Waals surface area contributed by atoms with Crippen LogP contribution in [-0.2, 0) is 32.3 Å². The lowest BCUT2D eigenvalue weighted by molar-refractivity contribution is -0.140. The summed E-state index contributed by atoms with van der Waals surface area (Å²) in [6, 6.07) is 7.33. The lowest BCUT2D eigenvalue weighted by atomic mass is 10.1. The fraction of sp³-hybridized carbons (Fsp3) is 0.417. The van der Waals surface area contributed by atoms with Gasteiger partial charge in [0.15, 0.2) is 0 Å². The van der Waals surface area contributed by atoms with Gasteiger partial charge in [0.1, 0.15) is 12.6 Å². The van der Waals surface area contributed by atoms with Gasteiger partial charge in [0, 0.05) is 28.7 Å². The molecule has 0 unspecified atom stereocenters. The van der Waals surface area contributed by atoms with Crippen molar-refractivity contribution in [3.8, 4) is 0 Å². The fourth-order valence-electron chi connectivity index (χ4n) is 3.59. The molecule has 2 aromatic carbocycles. The van der Waals surface area contributed by atoms with Crippen molar-refractivity contribution in [3.63, 3.8) is 0 Å². The van der Waals surface area contributed by atoms with Gasteiger partial charge >= 0.3 is 6.18 Å². The van der Waals surface area contributed by atoms with Crippen LogP contribution in [0.5, 0.6) is 0 Å². The number of alkyl halides is 3. The van der Waals surface area contributed by atoms with E-state index in [2.05, 4.69) is 5.32 Å². The van der Waals surface area contributed by atoms with Crippen LogP contribution < -0.4 is 9.62 Å². The summed E-state index contributed by atoms with van der Waals surface area (Å²) in [5.74, 6) is -1.29. The second-order valence-corrected chi connectivity index (χ2v) is 11.0. The minimum Gasteiger partial charge on any atom is -0.354 e. The Hall–Kier alpha value is -2.50. The van der Waals surface area contributed by atoms with Crippen LogP contribution in [0.15, 0.2) is 42.5 Å². The van der Waals surface area contributed by atoms with Crippen molar-refractivity contribution >= 4 is 50.7 Å². The maximum atomic E-state index is 13.6. The number of hydrogen-bond acceptors (Lipinski definition) is 4. The van der Waals surface area contributed by atoms with Crippen LogP contribution in [0.2, 0.25) is 10.0 Å².